The summed E-state index contributed by atoms with van der Waals surface area (Å²) in [6.07, 6.45) is -6.71. The third-order valence-corrected chi connectivity index (χ3v) is 2.84. The van der Waals surface area contributed by atoms with Crippen molar-refractivity contribution in [3.63, 3.8) is 0 Å². The number of halogens is 6. The maximum atomic E-state index is 12.9. The Balaban J connectivity index is 0.00000127. The smallest absolute Gasteiger partial charge is 0.268 e. The van der Waals surface area contributed by atoms with Crippen LogP contribution in [0.2, 0.25) is 0 Å². The average Bonchev–Trinajstić information content (AvgIpc) is 2.84. The van der Waals surface area contributed by atoms with Crippen molar-refractivity contribution < 1.29 is 26.3 Å². The van der Waals surface area contributed by atoms with Crippen LogP contribution >= 0.6 is 0 Å². The lowest BCUT2D eigenvalue weighted by Gasteiger charge is -2.16. The van der Waals surface area contributed by atoms with Crippen LogP contribution in [0.4, 0.5) is 26.3 Å². The molecule has 0 aliphatic heterocycles. The molecule has 0 N–H and O–H groups in total. The summed E-state index contributed by atoms with van der Waals surface area (Å²) in [4.78, 5) is 0. The Morgan fingerprint density at radius 1 is 1.00 bits per heavy atom. The van der Waals surface area contributed by atoms with Gasteiger partial charge in [-0.2, -0.15) is 31.4 Å². The summed E-state index contributed by atoms with van der Waals surface area (Å²) >= 11 is 0. The molecule has 0 spiro atoms. The van der Waals surface area contributed by atoms with E-state index in [0.717, 1.165) is 11.6 Å². The van der Waals surface area contributed by atoms with Gasteiger partial charge in [0.25, 0.3) is 0 Å². The van der Waals surface area contributed by atoms with Crippen LogP contribution < -0.4 is 0 Å². The number of rotatable bonds is 2. The minimum Gasteiger partial charge on any atom is -0.268 e. The fraction of sp³-hybridized carbons (Fsp3) is 0.400. The van der Waals surface area contributed by atoms with E-state index in [2.05, 4.69) is 5.10 Å². The van der Waals surface area contributed by atoms with Gasteiger partial charge in [0, 0.05) is 6.20 Å². The Labute approximate surface area is 129 Å². The second-order valence-electron chi connectivity index (χ2n) is 4.58. The lowest BCUT2D eigenvalue weighted by Crippen LogP contribution is -2.15. The van der Waals surface area contributed by atoms with Gasteiger partial charge in [-0.15, -0.1) is 0 Å². The monoisotopic (exact) mass is 338 g/mol. The number of benzene rings is 1. The lowest BCUT2D eigenvalue weighted by molar-refractivity contribution is -0.143. The highest BCUT2D eigenvalue weighted by Crippen LogP contribution is 2.37. The van der Waals surface area contributed by atoms with Crippen molar-refractivity contribution >= 4 is 0 Å². The second-order valence-corrected chi connectivity index (χ2v) is 4.58. The van der Waals surface area contributed by atoms with Gasteiger partial charge in [0.05, 0.1) is 23.9 Å². The molecule has 2 aromatic rings. The van der Waals surface area contributed by atoms with E-state index >= 15 is 0 Å². The number of hydrogen-bond donors (Lipinski definition) is 0. The van der Waals surface area contributed by atoms with Crippen molar-refractivity contribution in [1.29, 1.82) is 0 Å². The zero-order valence-electron chi connectivity index (χ0n) is 12.8. The first-order valence-corrected chi connectivity index (χ1v) is 6.84. The molecule has 2 nitrogen and oxygen atoms in total. The molecular weight excluding hydrogens is 322 g/mol. The molecule has 0 atom stereocenters. The van der Waals surface area contributed by atoms with Gasteiger partial charge in [-0.1, -0.05) is 19.9 Å². The normalized spacial score (nSPS) is 11.9. The largest absolute Gasteiger partial charge is 0.416 e. The first-order valence-electron chi connectivity index (χ1n) is 6.84. The predicted octanol–water partition coefficient (Wildman–Crippen LogP) is 5.30. The van der Waals surface area contributed by atoms with Gasteiger partial charge < -0.3 is 0 Å². The Morgan fingerprint density at radius 2 is 1.61 bits per heavy atom. The molecule has 0 radical (unpaired) electrons. The molecule has 0 saturated carbocycles. The van der Waals surface area contributed by atoms with E-state index in [0.29, 0.717) is 6.07 Å². The van der Waals surface area contributed by atoms with Crippen molar-refractivity contribution in [2.24, 2.45) is 0 Å². The number of aromatic nitrogens is 2. The lowest BCUT2D eigenvalue weighted by atomic mass is 10.0. The van der Waals surface area contributed by atoms with E-state index in [1.807, 2.05) is 13.8 Å². The quantitative estimate of drug-likeness (QED) is 0.679. The Kier molecular flexibility index (Phi) is 5.85. The molecule has 128 valence electrons. The molecule has 0 unspecified atom stereocenters. The van der Waals surface area contributed by atoms with Gasteiger partial charge in [-0.25, -0.2) is 0 Å². The molecule has 0 fully saturated rings. The van der Waals surface area contributed by atoms with Crippen molar-refractivity contribution in [1.82, 2.24) is 9.78 Å². The van der Waals surface area contributed by atoms with Crippen LogP contribution in [-0.4, -0.2) is 9.78 Å². The highest BCUT2D eigenvalue weighted by molar-refractivity contribution is 5.35. The topological polar surface area (TPSA) is 17.8 Å². The van der Waals surface area contributed by atoms with E-state index in [-0.39, 0.29) is 18.2 Å². The molecule has 0 aliphatic rings. The van der Waals surface area contributed by atoms with Gasteiger partial charge in [-0.05, 0) is 30.2 Å². The first kappa shape index (κ1) is 19.1. The van der Waals surface area contributed by atoms with Crippen LogP contribution in [0.25, 0.3) is 0 Å². The molecular formula is C15H16F6N2. The minimum absolute atomic E-state index is 0.131. The fourth-order valence-corrected chi connectivity index (χ4v) is 1.88. The van der Waals surface area contributed by atoms with Crippen molar-refractivity contribution in [3.05, 3.63) is 52.8 Å². The van der Waals surface area contributed by atoms with E-state index < -0.39 is 23.5 Å². The summed E-state index contributed by atoms with van der Waals surface area (Å²) in [5.41, 5.74) is -2.14. The fourth-order valence-electron chi connectivity index (χ4n) is 1.88. The summed E-state index contributed by atoms with van der Waals surface area (Å²) in [7, 11) is 0. The molecule has 0 bridgehead atoms. The molecule has 0 amide bonds. The van der Waals surface area contributed by atoms with Crippen LogP contribution in [0.15, 0.2) is 30.6 Å². The van der Waals surface area contributed by atoms with Crippen molar-refractivity contribution in [3.8, 4) is 0 Å². The van der Waals surface area contributed by atoms with Crippen LogP contribution in [0.1, 0.15) is 36.1 Å². The molecule has 0 saturated heterocycles. The maximum Gasteiger partial charge on any atom is 0.416 e. The van der Waals surface area contributed by atoms with E-state index in [4.69, 9.17) is 0 Å². The van der Waals surface area contributed by atoms with Crippen molar-refractivity contribution in [2.45, 2.75) is 39.7 Å². The highest BCUT2D eigenvalue weighted by Gasteiger charge is 2.38. The number of nitrogens with zero attached hydrogens (tertiary/aromatic N) is 2. The van der Waals surface area contributed by atoms with E-state index in [1.165, 1.54) is 17.1 Å². The first-order chi connectivity index (χ1) is 10.6. The number of aryl methyl sites for hydroxylation is 1. The third kappa shape index (κ3) is 5.01. The SMILES string of the molecule is CC.Cc1cnn(Cc2ccc(C(F)(F)F)cc2C(F)(F)F)c1. The molecule has 2 rings (SSSR count). The van der Waals surface area contributed by atoms with Crippen molar-refractivity contribution in [2.75, 3.05) is 0 Å². The minimum atomic E-state index is -4.86. The molecule has 1 aromatic carbocycles. The Hall–Kier alpha value is -1.99. The number of hydrogen-bond acceptors (Lipinski definition) is 1. The molecule has 8 heteroatoms. The van der Waals surface area contributed by atoms with Gasteiger partial charge in [-0.3, -0.25) is 4.68 Å². The molecule has 23 heavy (non-hydrogen) atoms. The van der Waals surface area contributed by atoms with Gasteiger partial charge in [0.2, 0.25) is 0 Å². The zero-order chi connectivity index (χ0) is 17.8. The van der Waals surface area contributed by atoms with Crippen LogP contribution in [0, 0.1) is 6.92 Å². The Bertz CT molecular complexity index is 640. The highest BCUT2D eigenvalue weighted by atomic mass is 19.4. The predicted molar refractivity (Wildman–Crippen MR) is 73.9 cm³/mol. The summed E-state index contributed by atoms with van der Waals surface area (Å²) in [6.45, 7) is 5.46. The van der Waals surface area contributed by atoms with E-state index in [9.17, 15) is 26.3 Å². The number of alkyl halides is 6. The second kappa shape index (κ2) is 7.06. The average molecular weight is 338 g/mol. The van der Waals surface area contributed by atoms with E-state index in [1.54, 1.807) is 6.92 Å². The van der Waals surface area contributed by atoms with Crippen LogP contribution in [-0.2, 0) is 18.9 Å². The van der Waals surface area contributed by atoms with Crippen LogP contribution in [0.3, 0.4) is 0 Å². The van der Waals surface area contributed by atoms with Gasteiger partial charge in [0.1, 0.15) is 0 Å². The Morgan fingerprint density at radius 3 is 2.04 bits per heavy atom. The summed E-state index contributed by atoms with van der Waals surface area (Å²) in [5, 5.41) is 3.83. The van der Waals surface area contributed by atoms with Gasteiger partial charge in [0.15, 0.2) is 0 Å². The summed E-state index contributed by atoms with van der Waals surface area (Å²) in [5.74, 6) is 0. The standard InChI is InChI=1S/C13H10F6N2.C2H6/c1-8-5-20-21(6-8)7-9-2-3-10(12(14,15)16)4-11(9)13(17,18)19;1-2/h2-6H,7H2,1H3;1-2H3. The molecule has 1 heterocycles. The van der Waals surface area contributed by atoms with Gasteiger partial charge >= 0.3 is 12.4 Å². The molecule has 1 aromatic heterocycles. The zero-order valence-corrected chi connectivity index (χ0v) is 12.8. The molecule has 0 aliphatic carbocycles. The summed E-state index contributed by atoms with van der Waals surface area (Å²) in [6, 6.07) is 1.61. The third-order valence-electron chi connectivity index (χ3n) is 2.84. The van der Waals surface area contributed by atoms with Crippen LogP contribution in [0.5, 0.6) is 0 Å². The maximum absolute atomic E-state index is 12.9. The summed E-state index contributed by atoms with van der Waals surface area (Å²) < 4.78 is 77.6.